The van der Waals surface area contributed by atoms with Crippen molar-refractivity contribution in [3.05, 3.63) is 70.8 Å². The number of rotatable bonds is 9. The summed E-state index contributed by atoms with van der Waals surface area (Å²) in [6.45, 7) is 7.79. The molecule has 2 heterocycles. The summed E-state index contributed by atoms with van der Waals surface area (Å²) in [5.41, 5.74) is 15.3. The van der Waals surface area contributed by atoms with Gasteiger partial charge in [0.2, 0.25) is 11.8 Å². The first-order valence-corrected chi connectivity index (χ1v) is 12.3. The fourth-order valence-electron chi connectivity index (χ4n) is 4.61. The number of carbonyl (C=O) groups excluding carboxylic acids is 2. The third kappa shape index (κ3) is 5.96. The Bertz CT molecular complexity index is 1120. The maximum atomic E-state index is 13.5. The van der Waals surface area contributed by atoms with E-state index in [9.17, 15) is 14.7 Å². The SMILES string of the molecule is CC(/C=C\N)=C(/N)c1ccc([C@H](CO)NC(=O)[C@@H]2CCCN2C(=O)[C@@H](c2cc(C)no2)C(C)C)cc1. The Balaban J connectivity index is 1.74. The Morgan fingerprint density at radius 1 is 1.31 bits per heavy atom. The number of hydrogen-bond donors (Lipinski definition) is 4. The van der Waals surface area contributed by atoms with Gasteiger partial charge in [0, 0.05) is 18.3 Å². The number of nitrogens with two attached hydrogens (primary N) is 2. The molecule has 0 aliphatic carbocycles. The Morgan fingerprint density at radius 2 is 2.00 bits per heavy atom. The Hall–Kier alpha value is -3.59. The van der Waals surface area contributed by atoms with Gasteiger partial charge in [-0.05, 0) is 61.6 Å². The molecule has 3 atom stereocenters. The molecule has 1 saturated heterocycles. The van der Waals surface area contributed by atoms with Crippen molar-refractivity contribution in [1.29, 1.82) is 0 Å². The van der Waals surface area contributed by atoms with Gasteiger partial charge in [-0.3, -0.25) is 9.59 Å². The van der Waals surface area contributed by atoms with Gasteiger partial charge in [-0.25, -0.2) is 0 Å². The molecule has 1 aliphatic heterocycles. The fourth-order valence-corrected chi connectivity index (χ4v) is 4.61. The van der Waals surface area contributed by atoms with Crippen LogP contribution in [0.3, 0.4) is 0 Å². The van der Waals surface area contributed by atoms with Crippen LogP contribution in [0.15, 0.2) is 52.7 Å². The lowest BCUT2D eigenvalue weighted by molar-refractivity contribution is -0.141. The molecule has 0 spiro atoms. The van der Waals surface area contributed by atoms with Crippen molar-refractivity contribution >= 4 is 17.5 Å². The number of benzene rings is 1. The van der Waals surface area contributed by atoms with Crippen LogP contribution in [-0.4, -0.2) is 46.2 Å². The minimum absolute atomic E-state index is 0.0247. The van der Waals surface area contributed by atoms with E-state index in [0.29, 0.717) is 30.1 Å². The highest BCUT2D eigenvalue weighted by Gasteiger charge is 2.40. The van der Waals surface area contributed by atoms with Gasteiger partial charge >= 0.3 is 0 Å². The van der Waals surface area contributed by atoms with Crippen molar-refractivity contribution in [1.82, 2.24) is 15.4 Å². The summed E-state index contributed by atoms with van der Waals surface area (Å²) in [6.07, 6.45) is 4.44. The molecule has 1 fully saturated rings. The zero-order valence-electron chi connectivity index (χ0n) is 21.4. The number of allylic oxidation sites excluding steroid dienone is 2. The number of hydrogen-bond acceptors (Lipinski definition) is 7. The van der Waals surface area contributed by atoms with E-state index in [-0.39, 0.29) is 24.3 Å². The Labute approximate surface area is 212 Å². The van der Waals surface area contributed by atoms with Gasteiger partial charge in [0.25, 0.3) is 0 Å². The second-order valence-corrected chi connectivity index (χ2v) is 9.60. The topological polar surface area (TPSA) is 148 Å². The van der Waals surface area contributed by atoms with E-state index in [1.54, 1.807) is 17.0 Å². The van der Waals surface area contributed by atoms with Gasteiger partial charge in [-0.15, -0.1) is 0 Å². The predicted molar refractivity (Wildman–Crippen MR) is 138 cm³/mol. The molecule has 0 unspecified atom stereocenters. The molecule has 9 nitrogen and oxygen atoms in total. The zero-order chi connectivity index (χ0) is 26.4. The summed E-state index contributed by atoms with van der Waals surface area (Å²) in [5, 5.41) is 16.9. The third-order valence-electron chi connectivity index (χ3n) is 6.62. The molecule has 0 bridgehead atoms. The smallest absolute Gasteiger partial charge is 0.243 e. The monoisotopic (exact) mass is 495 g/mol. The van der Waals surface area contributed by atoms with Crippen LogP contribution in [0, 0.1) is 12.8 Å². The van der Waals surface area contributed by atoms with Gasteiger partial charge in [0.1, 0.15) is 17.7 Å². The van der Waals surface area contributed by atoms with Gasteiger partial charge in [-0.1, -0.05) is 43.3 Å². The standard InChI is InChI=1S/C27H37N5O4/c1-16(2)24(23-14-18(4)31-36-23)27(35)32-13-5-6-22(32)26(34)30-21(15-33)19-7-9-20(10-8-19)25(29)17(3)11-12-28/h7-12,14,16,21-22,24,33H,5-6,13,15,28-29H2,1-4H3,(H,30,34)/b12-11-,25-17-/t21-,22-,24+/m0/s1. The van der Waals surface area contributed by atoms with E-state index in [2.05, 4.69) is 10.5 Å². The van der Waals surface area contributed by atoms with Crippen LogP contribution in [0.25, 0.3) is 5.70 Å². The third-order valence-corrected chi connectivity index (χ3v) is 6.62. The first-order chi connectivity index (χ1) is 17.2. The summed E-state index contributed by atoms with van der Waals surface area (Å²) in [5.74, 6) is -0.464. The van der Waals surface area contributed by atoms with Crippen molar-refractivity contribution < 1.29 is 19.2 Å². The number of aliphatic hydroxyl groups is 1. The van der Waals surface area contributed by atoms with Crippen LogP contribution in [0.5, 0.6) is 0 Å². The second-order valence-electron chi connectivity index (χ2n) is 9.60. The van der Waals surface area contributed by atoms with E-state index < -0.39 is 18.0 Å². The zero-order valence-corrected chi connectivity index (χ0v) is 21.4. The van der Waals surface area contributed by atoms with E-state index in [1.807, 2.05) is 52.0 Å². The van der Waals surface area contributed by atoms with Crippen molar-refractivity contribution in [3.63, 3.8) is 0 Å². The average Bonchev–Trinajstić information content (AvgIpc) is 3.51. The van der Waals surface area contributed by atoms with Gasteiger partial charge in [-0.2, -0.15) is 0 Å². The van der Waals surface area contributed by atoms with E-state index in [0.717, 1.165) is 23.1 Å². The minimum atomic E-state index is -0.614. The Kier molecular flexibility index (Phi) is 8.93. The van der Waals surface area contributed by atoms with Crippen molar-refractivity contribution in [2.75, 3.05) is 13.2 Å². The largest absolute Gasteiger partial charge is 0.405 e. The first kappa shape index (κ1) is 27.0. The Morgan fingerprint density at radius 3 is 2.56 bits per heavy atom. The predicted octanol–water partition coefficient (Wildman–Crippen LogP) is 2.73. The molecule has 9 heteroatoms. The first-order valence-electron chi connectivity index (χ1n) is 12.3. The average molecular weight is 496 g/mol. The highest BCUT2D eigenvalue weighted by Crippen LogP contribution is 2.31. The van der Waals surface area contributed by atoms with E-state index in [4.69, 9.17) is 16.0 Å². The van der Waals surface area contributed by atoms with E-state index in [1.165, 1.54) is 6.20 Å². The van der Waals surface area contributed by atoms with Crippen LogP contribution < -0.4 is 16.8 Å². The molecule has 0 radical (unpaired) electrons. The van der Waals surface area contributed by atoms with Crippen LogP contribution in [0.4, 0.5) is 0 Å². The van der Waals surface area contributed by atoms with E-state index >= 15 is 0 Å². The van der Waals surface area contributed by atoms with Crippen LogP contribution in [-0.2, 0) is 9.59 Å². The molecule has 194 valence electrons. The molecule has 3 rings (SSSR count). The molecular weight excluding hydrogens is 458 g/mol. The number of amides is 2. The highest BCUT2D eigenvalue weighted by molar-refractivity contribution is 5.91. The maximum absolute atomic E-state index is 13.5. The fraction of sp³-hybridized carbons (Fsp3) is 0.444. The molecule has 6 N–H and O–H groups in total. The van der Waals surface area contributed by atoms with Crippen LogP contribution in [0.1, 0.15) is 68.2 Å². The van der Waals surface area contributed by atoms with Crippen molar-refractivity contribution in [3.8, 4) is 0 Å². The lowest BCUT2D eigenvalue weighted by Gasteiger charge is -2.30. The molecule has 2 amide bonds. The molecule has 1 aliphatic rings. The number of nitrogens with zero attached hydrogens (tertiary/aromatic N) is 2. The number of aryl methyl sites for hydroxylation is 1. The molecule has 1 aromatic heterocycles. The summed E-state index contributed by atoms with van der Waals surface area (Å²) in [7, 11) is 0. The van der Waals surface area contributed by atoms with Crippen LogP contribution in [0.2, 0.25) is 0 Å². The minimum Gasteiger partial charge on any atom is -0.405 e. The van der Waals surface area contributed by atoms with Gasteiger partial charge in [0.15, 0.2) is 0 Å². The number of likely N-dealkylation sites (tertiary alicyclic amines) is 1. The number of aliphatic hydroxyl groups excluding tert-OH is 1. The maximum Gasteiger partial charge on any atom is 0.243 e. The number of nitrogens with one attached hydrogen (secondary N) is 1. The quantitative estimate of drug-likeness (QED) is 0.391. The van der Waals surface area contributed by atoms with Crippen LogP contribution >= 0.6 is 0 Å². The molecule has 36 heavy (non-hydrogen) atoms. The molecule has 2 aromatic rings. The van der Waals surface area contributed by atoms with Crippen molar-refractivity contribution in [2.24, 2.45) is 17.4 Å². The summed E-state index contributed by atoms with van der Waals surface area (Å²) in [6, 6.07) is 7.87. The second kappa shape index (κ2) is 11.9. The lowest BCUT2D eigenvalue weighted by Crippen LogP contribution is -2.49. The summed E-state index contributed by atoms with van der Waals surface area (Å²) >= 11 is 0. The number of carbonyl (C=O) groups is 2. The van der Waals surface area contributed by atoms with Crippen molar-refractivity contribution in [2.45, 2.75) is 58.5 Å². The molecule has 1 aromatic carbocycles. The molecular formula is C27H37N5O4. The van der Waals surface area contributed by atoms with Gasteiger partial charge < -0.3 is 31.3 Å². The summed E-state index contributed by atoms with van der Waals surface area (Å²) < 4.78 is 5.41. The molecule has 0 saturated carbocycles. The lowest BCUT2D eigenvalue weighted by atomic mass is 9.91. The highest BCUT2D eigenvalue weighted by atomic mass is 16.5. The normalized spacial score (nSPS) is 18.4. The van der Waals surface area contributed by atoms with Gasteiger partial charge in [0.05, 0.1) is 18.3 Å². The summed E-state index contributed by atoms with van der Waals surface area (Å²) in [4.78, 5) is 28.4. The number of aromatic nitrogens is 1.